The van der Waals surface area contributed by atoms with Crippen molar-refractivity contribution in [1.82, 2.24) is 4.90 Å². The Labute approximate surface area is 137 Å². The number of nitrogens with zero attached hydrogens (tertiary/aromatic N) is 1. The van der Waals surface area contributed by atoms with Gasteiger partial charge in [0, 0.05) is 0 Å². The minimum Gasteiger partial charge on any atom is -0.444 e. The Morgan fingerprint density at radius 2 is 1.83 bits per heavy atom. The quantitative estimate of drug-likeness (QED) is 0.614. The van der Waals surface area contributed by atoms with Crippen LogP contribution in [0, 0.1) is 0 Å². The zero-order valence-corrected chi connectivity index (χ0v) is 14.1. The summed E-state index contributed by atoms with van der Waals surface area (Å²) in [7, 11) is 0. The van der Waals surface area contributed by atoms with Crippen LogP contribution in [0.15, 0.2) is 30.3 Å². The maximum Gasteiger partial charge on any atom is 0.411 e. The van der Waals surface area contributed by atoms with E-state index in [-0.39, 0.29) is 17.7 Å². The Bertz CT molecular complexity index is 582. The van der Waals surface area contributed by atoms with Crippen molar-refractivity contribution in [3.05, 3.63) is 35.9 Å². The summed E-state index contributed by atoms with van der Waals surface area (Å²) >= 11 is 0. The predicted molar refractivity (Wildman–Crippen MR) is 88.3 cm³/mol. The molecule has 1 aromatic carbocycles. The van der Waals surface area contributed by atoms with Crippen LogP contribution >= 0.6 is 0 Å². The molecule has 2 fully saturated rings. The molecule has 2 aliphatic rings. The number of ether oxygens (including phenoxy) is 1. The van der Waals surface area contributed by atoms with Gasteiger partial charge in [-0.1, -0.05) is 30.3 Å². The van der Waals surface area contributed by atoms with E-state index in [0.717, 1.165) is 32.0 Å². The summed E-state index contributed by atoms with van der Waals surface area (Å²) in [5.41, 5.74) is 0.528. The molecule has 0 unspecified atom stereocenters. The monoisotopic (exact) mass is 315 g/mol. The van der Waals surface area contributed by atoms with E-state index in [2.05, 4.69) is 24.3 Å². The van der Waals surface area contributed by atoms with Crippen LogP contribution in [0.4, 0.5) is 4.79 Å². The van der Waals surface area contributed by atoms with Gasteiger partial charge in [0.05, 0.1) is 5.54 Å². The highest BCUT2D eigenvalue weighted by Gasteiger charge is 2.66. The summed E-state index contributed by atoms with van der Waals surface area (Å²) in [5, 5.41) is 0. The molecular weight excluding hydrogens is 290 g/mol. The zero-order valence-electron chi connectivity index (χ0n) is 14.1. The molecule has 1 aliphatic carbocycles. The summed E-state index contributed by atoms with van der Waals surface area (Å²) in [6.45, 7) is 5.55. The summed E-state index contributed by atoms with van der Waals surface area (Å²) < 4.78 is 5.46. The molecule has 3 rings (SSSR count). The highest BCUT2D eigenvalue weighted by Crippen LogP contribution is 2.53. The van der Waals surface area contributed by atoms with Crippen molar-refractivity contribution >= 4 is 12.4 Å². The molecule has 1 aromatic rings. The molecule has 1 saturated carbocycles. The van der Waals surface area contributed by atoms with Crippen LogP contribution in [0.3, 0.4) is 0 Å². The van der Waals surface area contributed by atoms with E-state index in [0.29, 0.717) is 5.92 Å². The van der Waals surface area contributed by atoms with Crippen LogP contribution in [0.25, 0.3) is 0 Å². The Morgan fingerprint density at radius 3 is 2.35 bits per heavy atom. The van der Waals surface area contributed by atoms with Crippen molar-refractivity contribution < 1.29 is 14.3 Å². The van der Waals surface area contributed by atoms with Crippen LogP contribution in [0.5, 0.6) is 0 Å². The van der Waals surface area contributed by atoms with Crippen molar-refractivity contribution in [1.29, 1.82) is 0 Å². The largest absolute Gasteiger partial charge is 0.444 e. The van der Waals surface area contributed by atoms with E-state index in [9.17, 15) is 9.59 Å². The fourth-order valence-electron chi connectivity index (χ4n) is 3.90. The number of carbonyl (C=O) groups is 2. The van der Waals surface area contributed by atoms with Gasteiger partial charge in [0.25, 0.3) is 0 Å². The first-order chi connectivity index (χ1) is 10.9. The lowest BCUT2D eigenvalue weighted by Crippen LogP contribution is -2.32. The molecule has 0 bridgehead atoms. The molecule has 1 heterocycles. The molecule has 23 heavy (non-hydrogen) atoms. The van der Waals surface area contributed by atoms with Crippen LogP contribution in [0.1, 0.15) is 57.9 Å². The minimum absolute atomic E-state index is 0.296. The Morgan fingerprint density at radius 1 is 1.22 bits per heavy atom. The molecular formula is C19H25NO3. The lowest BCUT2D eigenvalue weighted by molar-refractivity contribution is -0.108. The number of hydrogen-bond donors (Lipinski definition) is 0. The van der Waals surface area contributed by atoms with Crippen molar-refractivity contribution in [2.75, 3.05) is 0 Å². The third-order valence-corrected chi connectivity index (χ3v) is 5.08. The smallest absolute Gasteiger partial charge is 0.411 e. The number of benzene rings is 1. The Hall–Kier alpha value is -1.84. The van der Waals surface area contributed by atoms with Gasteiger partial charge in [-0.3, -0.25) is 4.90 Å². The second-order valence-electron chi connectivity index (χ2n) is 7.72. The number of aldehydes is 1. The third kappa shape index (κ3) is 2.99. The fourth-order valence-corrected chi connectivity index (χ4v) is 3.90. The predicted octanol–water partition coefficient (Wildman–Crippen LogP) is 3.90. The van der Waals surface area contributed by atoms with E-state index in [4.69, 9.17) is 4.74 Å². The number of rotatable bonds is 2. The van der Waals surface area contributed by atoms with Gasteiger partial charge in [-0.15, -0.1) is 0 Å². The van der Waals surface area contributed by atoms with Crippen molar-refractivity contribution in [2.45, 2.75) is 69.6 Å². The molecule has 0 radical (unpaired) electrons. The van der Waals surface area contributed by atoms with E-state index in [1.54, 1.807) is 4.90 Å². The van der Waals surface area contributed by atoms with Crippen LogP contribution in [-0.2, 0) is 9.53 Å². The number of hydrogen-bond acceptors (Lipinski definition) is 3. The first kappa shape index (κ1) is 16.0. The maximum absolute atomic E-state index is 12.4. The summed E-state index contributed by atoms with van der Waals surface area (Å²) in [6.07, 6.45) is 4.31. The SMILES string of the molecule is CC(C)(C)OC(=O)N1[C@H](C=O)C12CCC(c1ccccc1)CC2. The summed E-state index contributed by atoms with van der Waals surface area (Å²) in [4.78, 5) is 25.4. The Kier molecular flexibility index (Phi) is 3.95. The first-order valence-corrected chi connectivity index (χ1v) is 8.40. The van der Waals surface area contributed by atoms with Gasteiger partial charge < -0.3 is 9.53 Å². The van der Waals surface area contributed by atoms with Gasteiger partial charge in [0.15, 0.2) is 0 Å². The molecule has 124 valence electrons. The topological polar surface area (TPSA) is 46.4 Å². The van der Waals surface area contributed by atoms with E-state index in [1.807, 2.05) is 26.8 Å². The van der Waals surface area contributed by atoms with Crippen molar-refractivity contribution in [3.63, 3.8) is 0 Å². The molecule has 1 aliphatic heterocycles. The highest BCUT2D eigenvalue weighted by atomic mass is 16.6. The molecule has 4 nitrogen and oxygen atoms in total. The van der Waals surface area contributed by atoms with Crippen molar-refractivity contribution in [3.8, 4) is 0 Å². The van der Waals surface area contributed by atoms with E-state index >= 15 is 0 Å². The van der Waals surface area contributed by atoms with Gasteiger partial charge in [-0.25, -0.2) is 4.79 Å². The molecule has 1 amide bonds. The van der Waals surface area contributed by atoms with Gasteiger partial charge in [0.1, 0.15) is 17.9 Å². The van der Waals surface area contributed by atoms with Gasteiger partial charge in [0.2, 0.25) is 0 Å². The van der Waals surface area contributed by atoms with Crippen LogP contribution < -0.4 is 0 Å². The van der Waals surface area contributed by atoms with Crippen LogP contribution in [-0.4, -0.2) is 34.5 Å². The highest BCUT2D eigenvalue weighted by molar-refractivity contribution is 5.83. The van der Waals surface area contributed by atoms with Gasteiger partial charge in [-0.05, 0) is 57.9 Å². The lowest BCUT2D eigenvalue weighted by Gasteiger charge is -2.29. The molecule has 1 saturated heterocycles. The summed E-state index contributed by atoms with van der Waals surface area (Å²) in [5.74, 6) is 0.523. The molecule has 4 heteroatoms. The molecule has 1 spiro atoms. The Balaban J connectivity index is 1.67. The van der Waals surface area contributed by atoms with Crippen LogP contribution in [0.2, 0.25) is 0 Å². The molecule has 0 N–H and O–H groups in total. The average Bonchev–Trinajstić information content (AvgIpc) is 3.14. The second kappa shape index (κ2) is 5.66. The van der Waals surface area contributed by atoms with Crippen molar-refractivity contribution in [2.24, 2.45) is 0 Å². The average molecular weight is 315 g/mol. The number of carbonyl (C=O) groups excluding carboxylic acids is 2. The van der Waals surface area contributed by atoms with Gasteiger partial charge in [-0.2, -0.15) is 0 Å². The van der Waals surface area contributed by atoms with E-state index in [1.165, 1.54) is 5.56 Å². The zero-order chi connectivity index (χ0) is 16.7. The fraction of sp³-hybridized carbons (Fsp3) is 0.579. The first-order valence-electron chi connectivity index (χ1n) is 8.40. The standard InChI is InChI=1S/C19H25NO3/c1-18(2,3)23-17(22)20-16(13-21)19(20)11-9-15(10-12-19)14-7-5-4-6-8-14/h4-8,13,15-16H,9-12H2,1-3H3/t15?,16-,19?,20?/m1/s1. The molecule has 1 atom stereocenters. The lowest BCUT2D eigenvalue weighted by atomic mass is 9.77. The maximum atomic E-state index is 12.4. The third-order valence-electron chi connectivity index (χ3n) is 5.08. The van der Waals surface area contributed by atoms with Gasteiger partial charge >= 0.3 is 6.09 Å². The normalized spacial score (nSPS) is 30.1. The number of amides is 1. The summed E-state index contributed by atoms with van der Waals surface area (Å²) in [6, 6.07) is 10.2. The van der Waals surface area contributed by atoms with E-state index < -0.39 is 5.60 Å². The minimum atomic E-state index is -0.532. The molecule has 0 aromatic heterocycles. The second-order valence-corrected chi connectivity index (χ2v) is 7.72.